The average molecular weight is 317 g/mol. The molecule has 124 valence electrons. The zero-order chi connectivity index (χ0) is 17.0. The van der Waals surface area contributed by atoms with Crippen LogP contribution in [0.1, 0.15) is 37.0 Å². The topological polar surface area (TPSA) is 92.5 Å². The number of carbonyl (C=O) groups is 3. The Hall–Kier alpha value is -2.21. The van der Waals surface area contributed by atoms with Gasteiger partial charge in [0.05, 0.1) is 6.04 Å². The number of rotatable bonds is 5. The van der Waals surface area contributed by atoms with Gasteiger partial charge in [0.25, 0.3) is 0 Å². The summed E-state index contributed by atoms with van der Waals surface area (Å²) in [6.07, 6.45) is 1.39. The molecule has 1 aromatic carbocycles. The quantitative estimate of drug-likeness (QED) is 0.803. The lowest BCUT2D eigenvalue weighted by atomic mass is 9.95. The number of likely N-dealkylation sites (tertiary alicyclic amines) is 1. The number of nitrogens with two attached hydrogens (primary N) is 1. The van der Waals surface area contributed by atoms with Gasteiger partial charge in [-0.05, 0) is 64.0 Å². The van der Waals surface area contributed by atoms with Gasteiger partial charge in [0.1, 0.15) is 0 Å². The molecule has 1 fully saturated rings. The van der Waals surface area contributed by atoms with Gasteiger partial charge >= 0.3 is 0 Å². The highest BCUT2D eigenvalue weighted by atomic mass is 16.2. The number of primary amides is 1. The Morgan fingerprint density at radius 2 is 1.74 bits per heavy atom. The minimum Gasteiger partial charge on any atom is -0.369 e. The lowest BCUT2D eigenvalue weighted by Gasteiger charge is -2.34. The van der Waals surface area contributed by atoms with Crippen molar-refractivity contribution in [1.82, 2.24) is 4.90 Å². The number of hydrogen-bond donors (Lipinski definition) is 2. The molecule has 0 aliphatic carbocycles. The first-order valence-corrected chi connectivity index (χ1v) is 7.83. The summed E-state index contributed by atoms with van der Waals surface area (Å²) in [5.74, 6) is -0.445. The van der Waals surface area contributed by atoms with Crippen molar-refractivity contribution in [3.8, 4) is 0 Å². The highest BCUT2D eigenvalue weighted by Crippen LogP contribution is 2.19. The first-order valence-electron chi connectivity index (χ1n) is 7.83. The van der Waals surface area contributed by atoms with Crippen molar-refractivity contribution in [3.63, 3.8) is 0 Å². The van der Waals surface area contributed by atoms with Crippen molar-refractivity contribution in [1.29, 1.82) is 0 Å². The number of amides is 2. The molecule has 6 heteroatoms. The molecule has 1 atom stereocenters. The highest BCUT2D eigenvalue weighted by molar-refractivity contribution is 5.97. The molecule has 1 aromatic rings. The summed E-state index contributed by atoms with van der Waals surface area (Å²) in [7, 11) is 0. The Morgan fingerprint density at radius 1 is 1.17 bits per heavy atom. The number of piperidine rings is 1. The first kappa shape index (κ1) is 17.1. The zero-order valence-corrected chi connectivity index (χ0v) is 13.5. The van der Waals surface area contributed by atoms with Crippen molar-refractivity contribution >= 4 is 23.3 Å². The Morgan fingerprint density at radius 3 is 2.22 bits per heavy atom. The number of ketones is 1. The van der Waals surface area contributed by atoms with Crippen LogP contribution in [-0.4, -0.2) is 41.6 Å². The molecule has 0 spiro atoms. The Labute approximate surface area is 136 Å². The van der Waals surface area contributed by atoms with E-state index in [1.165, 1.54) is 6.92 Å². The maximum atomic E-state index is 12.3. The summed E-state index contributed by atoms with van der Waals surface area (Å²) in [4.78, 5) is 36.8. The van der Waals surface area contributed by atoms with Crippen LogP contribution in [-0.2, 0) is 9.59 Å². The molecule has 0 radical (unpaired) electrons. The largest absolute Gasteiger partial charge is 0.369 e. The molecule has 0 bridgehead atoms. The molecule has 23 heavy (non-hydrogen) atoms. The van der Waals surface area contributed by atoms with Crippen molar-refractivity contribution in [2.75, 3.05) is 18.4 Å². The monoisotopic (exact) mass is 317 g/mol. The van der Waals surface area contributed by atoms with Crippen molar-refractivity contribution in [2.24, 2.45) is 11.7 Å². The van der Waals surface area contributed by atoms with Gasteiger partial charge in [-0.25, -0.2) is 0 Å². The zero-order valence-electron chi connectivity index (χ0n) is 13.5. The van der Waals surface area contributed by atoms with Crippen molar-refractivity contribution in [3.05, 3.63) is 29.8 Å². The van der Waals surface area contributed by atoms with E-state index in [1.54, 1.807) is 24.3 Å². The van der Waals surface area contributed by atoms with E-state index in [2.05, 4.69) is 10.2 Å². The van der Waals surface area contributed by atoms with Crippen LogP contribution < -0.4 is 11.1 Å². The van der Waals surface area contributed by atoms with E-state index in [1.807, 2.05) is 6.92 Å². The van der Waals surface area contributed by atoms with Gasteiger partial charge in [-0.1, -0.05) is 0 Å². The second-order valence-electron chi connectivity index (χ2n) is 6.01. The summed E-state index contributed by atoms with van der Waals surface area (Å²) in [5.41, 5.74) is 6.60. The molecular weight excluding hydrogens is 294 g/mol. The molecule has 1 unspecified atom stereocenters. The van der Waals surface area contributed by atoms with Gasteiger partial charge < -0.3 is 11.1 Å². The molecule has 0 aromatic heterocycles. The fourth-order valence-corrected chi connectivity index (χ4v) is 2.77. The maximum Gasteiger partial charge on any atom is 0.241 e. The molecule has 1 saturated heterocycles. The van der Waals surface area contributed by atoms with E-state index < -0.39 is 0 Å². The summed E-state index contributed by atoms with van der Waals surface area (Å²) in [5, 5.41) is 2.86. The second kappa shape index (κ2) is 7.37. The lowest BCUT2D eigenvalue weighted by molar-refractivity contribution is -0.124. The summed E-state index contributed by atoms with van der Waals surface area (Å²) in [6, 6.07) is 6.56. The standard InChI is InChI=1S/C17H23N3O3/c1-11(20-9-7-14(8-10-20)16(18)22)17(23)19-15-5-3-13(4-6-15)12(2)21/h3-6,11,14H,7-10H2,1-2H3,(H2,18,22)(H,19,23). The third-order valence-electron chi connectivity index (χ3n) is 4.42. The molecular formula is C17H23N3O3. The van der Waals surface area contributed by atoms with Crippen LogP contribution in [0.2, 0.25) is 0 Å². The minimum absolute atomic E-state index is 0.00596. The van der Waals surface area contributed by atoms with Gasteiger partial charge in [0.2, 0.25) is 11.8 Å². The first-order chi connectivity index (χ1) is 10.9. The van der Waals surface area contributed by atoms with Crippen LogP contribution >= 0.6 is 0 Å². The Balaban J connectivity index is 1.90. The molecule has 2 amide bonds. The number of nitrogens with one attached hydrogen (secondary N) is 1. The molecule has 0 saturated carbocycles. The predicted molar refractivity (Wildman–Crippen MR) is 88.0 cm³/mol. The Bertz CT molecular complexity index is 590. The van der Waals surface area contributed by atoms with Gasteiger partial charge in [-0.15, -0.1) is 0 Å². The summed E-state index contributed by atoms with van der Waals surface area (Å²) < 4.78 is 0. The van der Waals surface area contributed by atoms with Crippen molar-refractivity contribution in [2.45, 2.75) is 32.7 Å². The predicted octanol–water partition coefficient (Wildman–Crippen LogP) is 1.41. The van der Waals surface area contributed by atoms with E-state index in [0.29, 0.717) is 37.2 Å². The summed E-state index contributed by atoms with van der Waals surface area (Å²) in [6.45, 7) is 4.73. The maximum absolute atomic E-state index is 12.3. The second-order valence-corrected chi connectivity index (χ2v) is 6.01. The van der Waals surface area contributed by atoms with Crippen LogP contribution in [0, 0.1) is 5.92 Å². The normalized spacial score (nSPS) is 17.5. The smallest absolute Gasteiger partial charge is 0.241 e. The van der Waals surface area contributed by atoms with E-state index in [-0.39, 0.29) is 29.6 Å². The number of hydrogen-bond acceptors (Lipinski definition) is 4. The van der Waals surface area contributed by atoms with E-state index in [0.717, 1.165) is 0 Å². The van der Waals surface area contributed by atoms with Crippen molar-refractivity contribution < 1.29 is 14.4 Å². The summed E-state index contributed by atoms with van der Waals surface area (Å²) >= 11 is 0. The lowest BCUT2D eigenvalue weighted by Crippen LogP contribution is -2.47. The number of anilines is 1. The third-order valence-corrected chi connectivity index (χ3v) is 4.42. The number of benzene rings is 1. The van der Waals surface area contributed by atoms with E-state index >= 15 is 0 Å². The molecule has 1 aliphatic rings. The number of nitrogens with zero attached hydrogens (tertiary/aromatic N) is 1. The van der Waals surface area contributed by atoms with Gasteiger partial charge in [-0.3, -0.25) is 19.3 Å². The fraction of sp³-hybridized carbons (Fsp3) is 0.471. The highest BCUT2D eigenvalue weighted by Gasteiger charge is 2.28. The van der Waals surface area contributed by atoms with E-state index in [9.17, 15) is 14.4 Å². The van der Waals surface area contributed by atoms with Gasteiger partial charge in [-0.2, -0.15) is 0 Å². The van der Waals surface area contributed by atoms with E-state index in [4.69, 9.17) is 5.73 Å². The SMILES string of the molecule is CC(=O)c1ccc(NC(=O)C(C)N2CCC(C(N)=O)CC2)cc1. The van der Waals surface area contributed by atoms with Crippen LogP contribution in [0.5, 0.6) is 0 Å². The molecule has 1 aliphatic heterocycles. The molecule has 2 rings (SSSR count). The van der Waals surface area contributed by atoms with Crippen LogP contribution in [0.4, 0.5) is 5.69 Å². The van der Waals surface area contributed by atoms with Crippen LogP contribution in [0.15, 0.2) is 24.3 Å². The molecule has 6 nitrogen and oxygen atoms in total. The van der Waals surface area contributed by atoms with Gasteiger partial charge in [0.15, 0.2) is 5.78 Å². The van der Waals surface area contributed by atoms with Gasteiger partial charge in [0, 0.05) is 17.2 Å². The minimum atomic E-state index is -0.281. The molecule has 1 heterocycles. The van der Waals surface area contributed by atoms with Crippen LogP contribution in [0.3, 0.4) is 0 Å². The number of carbonyl (C=O) groups excluding carboxylic acids is 3. The molecule has 3 N–H and O–H groups in total. The number of Topliss-reactive ketones (excluding diaryl/α,β-unsaturated/α-hetero) is 1. The van der Waals surface area contributed by atoms with Crippen LogP contribution in [0.25, 0.3) is 0 Å². The average Bonchev–Trinajstić information content (AvgIpc) is 2.54. The fourth-order valence-electron chi connectivity index (χ4n) is 2.77. The Kier molecular flexibility index (Phi) is 5.50. The third kappa shape index (κ3) is 4.39.